The summed E-state index contributed by atoms with van der Waals surface area (Å²) in [5.74, 6) is -0.187. The largest absolute Gasteiger partial charge is 0.332 e. The molecule has 0 unspecified atom stereocenters. The zero-order chi connectivity index (χ0) is 16.8. The first-order chi connectivity index (χ1) is 11.7. The van der Waals surface area contributed by atoms with Gasteiger partial charge >= 0.3 is 0 Å². The van der Waals surface area contributed by atoms with E-state index < -0.39 is 0 Å². The van der Waals surface area contributed by atoms with Crippen molar-refractivity contribution in [2.24, 2.45) is 0 Å². The van der Waals surface area contributed by atoms with E-state index in [0.29, 0.717) is 31.5 Å². The quantitative estimate of drug-likeness (QED) is 0.574. The number of hydrogen-bond donors (Lipinski definition) is 0. The Morgan fingerprint density at radius 1 is 0.917 bits per heavy atom. The van der Waals surface area contributed by atoms with Crippen molar-refractivity contribution in [2.45, 2.75) is 25.9 Å². The number of carbonyl (C=O) groups is 1. The lowest BCUT2D eigenvalue weighted by Gasteiger charge is -2.21. The molecule has 3 rings (SSSR count). The fraction of sp³-hybridized carbons (Fsp3) is 0.211. The third kappa shape index (κ3) is 4.52. The number of halogens is 1. The maximum absolute atomic E-state index is 13.7. The molecular weight excluding hydrogens is 341 g/mol. The van der Waals surface area contributed by atoms with Crippen LogP contribution in [0, 0.1) is 5.82 Å². The molecule has 3 aromatic rings. The molecule has 1 aromatic carbocycles. The summed E-state index contributed by atoms with van der Waals surface area (Å²) < 4.78 is 13.7. The van der Waals surface area contributed by atoms with Gasteiger partial charge in [-0.2, -0.15) is 0 Å². The maximum Gasteiger partial charge on any atom is 0.223 e. The SMILES string of the molecule is O=C(CCc1ccccc1F)N(Cc1cccs1)Cc1cccs1. The molecule has 0 aliphatic rings. The second-order valence-corrected chi connectivity index (χ2v) is 7.56. The lowest BCUT2D eigenvalue weighted by molar-refractivity contribution is -0.132. The van der Waals surface area contributed by atoms with Crippen LogP contribution in [-0.2, 0) is 24.3 Å². The lowest BCUT2D eigenvalue weighted by atomic mass is 10.1. The van der Waals surface area contributed by atoms with Crippen molar-refractivity contribution in [3.63, 3.8) is 0 Å². The van der Waals surface area contributed by atoms with Gasteiger partial charge in [0.25, 0.3) is 0 Å². The van der Waals surface area contributed by atoms with Crippen molar-refractivity contribution < 1.29 is 9.18 Å². The topological polar surface area (TPSA) is 20.3 Å². The lowest BCUT2D eigenvalue weighted by Crippen LogP contribution is -2.29. The summed E-state index contributed by atoms with van der Waals surface area (Å²) in [7, 11) is 0. The average Bonchev–Trinajstić information content (AvgIpc) is 3.27. The molecule has 0 aliphatic carbocycles. The fourth-order valence-corrected chi connectivity index (χ4v) is 3.95. The molecule has 0 radical (unpaired) electrons. The molecular formula is C19H18FNOS2. The predicted molar refractivity (Wildman–Crippen MR) is 97.6 cm³/mol. The van der Waals surface area contributed by atoms with Gasteiger partial charge in [0.2, 0.25) is 5.91 Å². The van der Waals surface area contributed by atoms with Crippen molar-refractivity contribution in [3.8, 4) is 0 Å². The van der Waals surface area contributed by atoms with Crippen LogP contribution in [0.15, 0.2) is 59.3 Å². The number of rotatable bonds is 7. The highest BCUT2D eigenvalue weighted by Crippen LogP contribution is 2.19. The van der Waals surface area contributed by atoms with E-state index in [1.807, 2.05) is 39.9 Å². The molecule has 0 saturated heterocycles. The third-order valence-corrected chi connectivity index (χ3v) is 5.49. The molecule has 2 nitrogen and oxygen atoms in total. The van der Waals surface area contributed by atoms with E-state index in [4.69, 9.17) is 0 Å². The minimum absolute atomic E-state index is 0.0556. The number of thiophene rings is 2. The van der Waals surface area contributed by atoms with Gasteiger partial charge in [-0.15, -0.1) is 22.7 Å². The monoisotopic (exact) mass is 359 g/mol. The van der Waals surface area contributed by atoms with Gasteiger partial charge in [0.15, 0.2) is 0 Å². The molecule has 0 saturated carbocycles. The molecule has 0 spiro atoms. The van der Waals surface area contributed by atoms with Gasteiger partial charge in [0.1, 0.15) is 5.82 Å². The van der Waals surface area contributed by atoms with Crippen molar-refractivity contribution >= 4 is 28.6 Å². The molecule has 2 aromatic heterocycles. The Kier molecular flexibility index (Phi) is 5.77. The van der Waals surface area contributed by atoms with Gasteiger partial charge in [0.05, 0.1) is 13.1 Å². The Morgan fingerprint density at radius 2 is 1.54 bits per heavy atom. The van der Waals surface area contributed by atoms with Crippen LogP contribution in [0.25, 0.3) is 0 Å². The molecule has 0 bridgehead atoms. The van der Waals surface area contributed by atoms with E-state index in [1.165, 1.54) is 6.07 Å². The molecule has 1 amide bonds. The molecule has 2 heterocycles. The summed E-state index contributed by atoms with van der Waals surface area (Å²) in [6.45, 7) is 1.21. The summed E-state index contributed by atoms with van der Waals surface area (Å²) >= 11 is 3.30. The highest BCUT2D eigenvalue weighted by Gasteiger charge is 2.16. The van der Waals surface area contributed by atoms with Gasteiger partial charge in [-0.3, -0.25) is 4.79 Å². The second-order valence-electron chi connectivity index (χ2n) is 5.50. The first-order valence-electron chi connectivity index (χ1n) is 7.78. The predicted octanol–water partition coefficient (Wildman–Crippen LogP) is 5.11. The van der Waals surface area contributed by atoms with E-state index in [2.05, 4.69) is 0 Å². The van der Waals surface area contributed by atoms with Crippen LogP contribution >= 0.6 is 22.7 Å². The van der Waals surface area contributed by atoms with Crippen molar-refractivity contribution in [2.75, 3.05) is 0 Å². The average molecular weight is 359 g/mol. The van der Waals surface area contributed by atoms with Gasteiger partial charge in [-0.1, -0.05) is 30.3 Å². The summed E-state index contributed by atoms with van der Waals surface area (Å²) in [6, 6.07) is 14.7. The minimum Gasteiger partial charge on any atom is -0.332 e. The first kappa shape index (κ1) is 16.9. The maximum atomic E-state index is 13.7. The zero-order valence-corrected chi connectivity index (χ0v) is 14.8. The van der Waals surface area contributed by atoms with Crippen LogP contribution < -0.4 is 0 Å². The van der Waals surface area contributed by atoms with Crippen LogP contribution in [-0.4, -0.2) is 10.8 Å². The van der Waals surface area contributed by atoms with Crippen molar-refractivity contribution in [1.29, 1.82) is 0 Å². The van der Waals surface area contributed by atoms with Crippen LogP contribution in [0.5, 0.6) is 0 Å². The van der Waals surface area contributed by atoms with E-state index in [1.54, 1.807) is 40.9 Å². The molecule has 24 heavy (non-hydrogen) atoms. The van der Waals surface area contributed by atoms with Gasteiger partial charge in [-0.05, 0) is 40.9 Å². The Bertz CT molecular complexity index is 732. The van der Waals surface area contributed by atoms with Crippen LogP contribution in [0.3, 0.4) is 0 Å². The fourth-order valence-electron chi connectivity index (χ4n) is 2.51. The Hall–Kier alpha value is -1.98. The van der Waals surface area contributed by atoms with E-state index in [0.717, 1.165) is 9.75 Å². The number of benzene rings is 1. The van der Waals surface area contributed by atoms with Crippen LogP contribution in [0.2, 0.25) is 0 Å². The van der Waals surface area contributed by atoms with Gasteiger partial charge < -0.3 is 4.90 Å². The number of aryl methyl sites for hydroxylation is 1. The smallest absolute Gasteiger partial charge is 0.223 e. The Labute approximate surface area is 149 Å². The van der Waals surface area contributed by atoms with Crippen LogP contribution in [0.1, 0.15) is 21.7 Å². The van der Waals surface area contributed by atoms with E-state index in [-0.39, 0.29) is 11.7 Å². The van der Waals surface area contributed by atoms with Crippen molar-refractivity contribution in [1.82, 2.24) is 4.90 Å². The molecule has 0 fully saturated rings. The Morgan fingerprint density at radius 3 is 2.08 bits per heavy atom. The number of nitrogens with zero attached hydrogens (tertiary/aromatic N) is 1. The standard InChI is InChI=1S/C19H18FNOS2/c20-18-8-2-1-5-15(18)9-10-19(22)21(13-16-6-3-11-23-16)14-17-7-4-12-24-17/h1-8,11-12H,9-10,13-14H2. The Balaban J connectivity index is 1.67. The van der Waals surface area contributed by atoms with E-state index >= 15 is 0 Å². The summed E-state index contributed by atoms with van der Waals surface area (Å²) in [6.07, 6.45) is 0.745. The van der Waals surface area contributed by atoms with E-state index in [9.17, 15) is 9.18 Å². The minimum atomic E-state index is -0.242. The zero-order valence-electron chi connectivity index (χ0n) is 13.2. The third-order valence-electron chi connectivity index (χ3n) is 3.77. The number of hydrogen-bond acceptors (Lipinski definition) is 3. The summed E-state index contributed by atoms with van der Waals surface area (Å²) in [5.41, 5.74) is 0.595. The summed E-state index contributed by atoms with van der Waals surface area (Å²) in [5, 5.41) is 4.03. The molecule has 124 valence electrons. The highest BCUT2D eigenvalue weighted by atomic mass is 32.1. The number of carbonyl (C=O) groups excluding carboxylic acids is 1. The molecule has 5 heteroatoms. The van der Waals surface area contributed by atoms with Crippen LogP contribution in [0.4, 0.5) is 4.39 Å². The highest BCUT2D eigenvalue weighted by molar-refractivity contribution is 7.10. The molecule has 0 N–H and O–H groups in total. The van der Waals surface area contributed by atoms with Gasteiger partial charge in [0, 0.05) is 16.2 Å². The van der Waals surface area contributed by atoms with Crippen molar-refractivity contribution in [3.05, 3.63) is 80.4 Å². The number of amides is 1. The first-order valence-corrected chi connectivity index (χ1v) is 9.54. The molecule has 0 atom stereocenters. The normalized spacial score (nSPS) is 10.7. The second kappa shape index (κ2) is 8.22. The molecule has 0 aliphatic heterocycles. The summed E-state index contributed by atoms with van der Waals surface area (Å²) in [4.78, 5) is 16.9. The van der Waals surface area contributed by atoms with Gasteiger partial charge in [-0.25, -0.2) is 4.39 Å².